The van der Waals surface area contributed by atoms with Crippen molar-refractivity contribution in [3.05, 3.63) is 23.3 Å². The van der Waals surface area contributed by atoms with Crippen LogP contribution in [-0.2, 0) is 4.79 Å². The molecular formula is C11H8O5S. The summed E-state index contributed by atoms with van der Waals surface area (Å²) in [4.78, 5) is 33.8. The van der Waals surface area contributed by atoms with Gasteiger partial charge in [0.25, 0.3) is 0 Å². The largest absolute Gasteiger partial charge is 0.511 e. The van der Waals surface area contributed by atoms with Crippen molar-refractivity contribution in [1.29, 1.82) is 0 Å². The summed E-state index contributed by atoms with van der Waals surface area (Å²) < 4.78 is 4.56. The van der Waals surface area contributed by atoms with E-state index in [0.29, 0.717) is 16.0 Å². The molecule has 1 aromatic carbocycles. The molecule has 88 valence electrons. The number of Topliss-reactive ketones (excluding diaryl/α,β-unsaturated/α-hetero) is 1. The highest BCUT2D eigenvalue weighted by atomic mass is 32.2. The van der Waals surface area contributed by atoms with Crippen LogP contribution in [-0.4, -0.2) is 22.2 Å². The third kappa shape index (κ3) is 2.16. The molecule has 0 unspecified atom stereocenters. The fourth-order valence-electron chi connectivity index (χ4n) is 1.61. The smallest absolute Gasteiger partial charge is 0.449 e. The minimum atomic E-state index is -1.42. The third-order valence-electron chi connectivity index (χ3n) is 2.37. The molecule has 0 saturated carbocycles. The molecule has 0 amide bonds. The fraction of sp³-hybridized carbons (Fsp3) is 0.182. The second-order valence-electron chi connectivity index (χ2n) is 3.51. The van der Waals surface area contributed by atoms with E-state index in [0.717, 1.165) is 11.8 Å². The van der Waals surface area contributed by atoms with Gasteiger partial charge in [-0.1, -0.05) is 11.8 Å². The number of carbonyl (C=O) groups is 3. The van der Waals surface area contributed by atoms with Gasteiger partial charge in [-0.15, -0.1) is 0 Å². The average Bonchev–Trinajstić information content (AvgIpc) is 2.22. The van der Waals surface area contributed by atoms with Gasteiger partial charge in [0, 0.05) is 16.0 Å². The van der Waals surface area contributed by atoms with Crippen LogP contribution >= 0.6 is 11.8 Å². The van der Waals surface area contributed by atoms with E-state index in [9.17, 15) is 14.4 Å². The van der Waals surface area contributed by atoms with Gasteiger partial charge in [0.15, 0.2) is 5.78 Å². The lowest BCUT2D eigenvalue weighted by atomic mass is 10.0. The highest BCUT2D eigenvalue weighted by molar-refractivity contribution is 8.14. The summed E-state index contributed by atoms with van der Waals surface area (Å²) in [6.45, 7) is 1.62. The molecule has 0 aliphatic carbocycles. The van der Waals surface area contributed by atoms with Crippen LogP contribution in [0.5, 0.6) is 5.75 Å². The lowest BCUT2D eigenvalue weighted by Gasteiger charge is -2.16. The van der Waals surface area contributed by atoms with Crippen LogP contribution in [0.25, 0.3) is 0 Å². The van der Waals surface area contributed by atoms with E-state index in [4.69, 9.17) is 5.11 Å². The molecule has 1 heterocycles. The summed E-state index contributed by atoms with van der Waals surface area (Å²) >= 11 is 0.951. The molecule has 6 heteroatoms. The maximum atomic E-state index is 11.6. The van der Waals surface area contributed by atoms with Gasteiger partial charge in [0.05, 0.1) is 6.42 Å². The van der Waals surface area contributed by atoms with Crippen molar-refractivity contribution in [2.45, 2.75) is 18.2 Å². The van der Waals surface area contributed by atoms with E-state index in [1.807, 2.05) is 0 Å². The molecule has 0 bridgehead atoms. The Morgan fingerprint density at radius 1 is 1.41 bits per heavy atom. The summed E-state index contributed by atoms with van der Waals surface area (Å²) in [5.41, 5.74) is 0.945. The second-order valence-corrected chi connectivity index (χ2v) is 4.58. The Morgan fingerprint density at radius 2 is 2.12 bits per heavy atom. The Kier molecular flexibility index (Phi) is 2.89. The highest BCUT2D eigenvalue weighted by Gasteiger charge is 2.26. The molecule has 0 spiro atoms. The molecule has 0 radical (unpaired) electrons. The van der Waals surface area contributed by atoms with Crippen molar-refractivity contribution < 1.29 is 24.2 Å². The molecule has 5 nitrogen and oxygen atoms in total. The molecule has 1 aliphatic rings. The first-order chi connectivity index (χ1) is 7.99. The van der Waals surface area contributed by atoms with Gasteiger partial charge in [-0.2, -0.15) is 0 Å². The number of thioether (sulfide) groups is 1. The minimum Gasteiger partial charge on any atom is -0.449 e. The predicted molar refractivity (Wildman–Crippen MR) is 59.6 cm³/mol. The average molecular weight is 252 g/mol. The Balaban J connectivity index is 2.51. The van der Waals surface area contributed by atoms with Crippen molar-refractivity contribution >= 4 is 28.8 Å². The van der Waals surface area contributed by atoms with Crippen LogP contribution in [0.2, 0.25) is 0 Å². The normalized spacial score (nSPS) is 14.4. The minimum absolute atomic E-state index is 0.115. The van der Waals surface area contributed by atoms with Crippen molar-refractivity contribution in [3.63, 3.8) is 0 Å². The van der Waals surface area contributed by atoms with Gasteiger partial charge in [0.2, 0.25) is 5.12 Å². The molecule has 0 fully saturated rings. The van der Waals surface area contributed by atoms with E-state index in [1.165, 1.54) is 12.1 Å². The topological polar surface area (TPSA) is 80.7 Å². The first kappa shape index (κ1) is 11.7. The van der Waals surface area contributed by atoms with Gasteiger partial charge in [0.1, 0.15) is 5.75 Å². The standard InChI is InChI=1S/C11H8O5S/c1-5-8(16-11(14)15)3-2-6-7(12)4-9(13)17-10(5)6/h2-3H,4H2,1H3,(H,14,15). The molecule has 0 aromatic heterocycles. The van der Waals surface area contributed by atoms with Crippen LogP contribution < -0.4 is 4.74 Å². The molecule has 17 heavy (non-hydrogen) atoms. The molecule has 0 saturated heterocycles. The monoisotopic (exact) mass is 252 g/mol. The SMILES string of the molecule is Cc1c(OC(=O)O)ccc2c1SC(=O)CC2=O. The lowest BCUT2D eigenvalue weighted by molar-refractivity contribution is -0.110. The molecule has 0 atom stereocenters. The number of hydrogen-bond donors (Lipinski definition) is 1. The van der Waals surface area contributed by atoms with Crippen LogP contribution in [0.3, 0.4) is 0 Å². The van der Waals surface area contributed by atoms with Gasteiger partial charge >= 0.3 is 6.16 Å². The summed E-state index contributed by atoms with van der Waals surface area (Å²) in [5.74, 6) is -0.0972. The number of carboxylic acid groups (broad SMARTS) is 1. The third-order valence-corrected chi connectivity index (χ3v) is 3.48. The zero-order valence-electron chi connectivity index (χ0n) is 8.85. The van der Waals surface area contributed by atoms with Crippen molar-refractivity contribution in [3.8, 4) is 5.75 Å². The van der Waals surface area contributed by atoms with Crippen molar-refractivity contribution in [1.82, 2.24) is 0 Å². The summed E-state index contributed by atoms with van der Waals surface area (Å²) in [7, 11) is 0. The Bertz CT molecular complexity index is 535. The predicted octanol–water partition coefficient (Wildman–Crippen LogP) is 2.26. The van der Waals surface area contributed by atoms with Crippen LogP contribution in [0, 0.1) is 6.92 Å². The van der Waals surface area contributed by atoms with Crippen molar-refractivity contribution in [2.24, 2.45) is 0 Å². The van der Waals surface area contributed by atoms with Crippen LogP contribution in [0.1, 0.15) is 22.3 Å². The zero-order valence-corrected chi connectivity index (χ0v) is 9.67. The van der Waals surface area contributed by atoms with E-state index in [2.05, 4.69) is 4.74 Å². The molecular weight excluding hydrogens is 244 g/mol. The quantitative estimate of drug-likeness (QED) is 0.469. The molecule has 2 rings (SSSR count). The number of carbonyl (C=O) groups excluding carboxylic acids is 2. The maximum Gasteiger partial charge on any atom is 0.511 e. The summed E-state index contributed by atoms with van der Waals surface area (Å²) in [5, 5.41) is 8.30. The molecule has 1 N–H and O–H groups in total. The van der Waals surface area contributed by atoms with Gasteiger partial charge in [-0.05, 0) is 19.1 Å². The first-order valence-electron chi connectivity index (χ1n) is 4.77. The van der Waals surface area contributed by atoms with E-state index in [-0.39, 0.29) is 23.1 Å². The summed E-state index contributed by atoms with van der Waals surface area (Å²) in [6.07, 6.45) is -1.54. The van der Waals surface area contributed by atoms with Crippen LogP contribution in [0.15, 0.2) is 17.0 Å². The van der Waals surface area contributed by atoms with Gasteiger partial charge < -0.3 is 9.84 Å². The fourth-order valence-corrected chi connectivity index (χ4v) is 2.58. The molecule has 1 aliphatic heterocycles. The summed E-state index contributed by atoms with van der Waals surface area (Å²) in [6, 6.07) is 2.92. The van der Waals surface area contributed by atoms with Gasteiger partial charge in [-0.3, -0.25) is 9.59 Å². The zero-order chi connectivity index (χ0) is 12.6. The molecule has 1 aromatic rings. The van der Waals surface area contributed by atoms with E-state index in [1.54, 1.807) is 6.92 Å². The Labute approximate surface area is 101 Å². The Hall–Kier alpha value is -1.82. The van der Waals surface area contributed by atoms with E-state index >= 15 is 0 Å². The van der Waals surface area contributed by atoms with Crippen LogP contribution in [0.4, 0.5) is 4.79 Å². The number of ether oxygens (including phenoxy) is 1. The number of ketones is 1. The van der Waals surface area contributed by atoms with E-state index < -0.39 is 6.16 Å². The highest BCUT2D eigenvalue weighted by Crippen LogP contribution is 2.37. The number of benzene rings is 1. The lowest BCUT2D eigenvalue weighted by Crippen LogP contribution is -2.14. The second kappa shape index (κ2) is 4.21. The van der Waals surface area contributed by atoms with Crippen molar-refractivity contribution in [2.75, 3.05) is 0 Å². The Morgan fingerprint density at radius 3 is 2.76 bits per heavy atom. The number of hydrogen-bond acceptors (Lipinski definition) is 5. The number of fused-ring (bicyclic) bond motifs is 1. The first-order valence-corrected chi connectivity index (χ1v) is 5.59. The number of rotatable bonds is 1. The maximum absolute atomic E-state index is 11.6. The van der Waals surface area contributed by atoms with Gasteiger partial charge in [-0.25, -0.2) is 4.79 Å².